The minimum atomic E-state index is 0.628. The van der Waals surface area contributed by atoms with Crippen LogP contribution < -0.4 is 11.3 Å². The first-order valence-electron chi connectivity index (χ1n) is 5.32. The molecule has 0 aliphatic carbocycles. The molecule has 2 aromatic heterocycles. The smallest absolute Gasteiger partial charge is 0.171 e. The fraction of sp³-hybridized carbons (Fsp3) is 0.273. The van der Waals surface area contributed by atoms with Crippen molar-refractivity contribution in [2.75, 3.05) is 5.43 Å². The van der Waals surface area contributed by atoms with Crippen molar-refractivity contribution >= 4 is 28.8 Å². The number of nitrogens with one attached hydrogen (secondary N) is 1. The second-order valence-electron chi connectivity index (χ2n) is 3.59. The molecule has 0 unspecified atom stereocenters. The molecule has 0 saturated carbocycles. The number of anilines is 1. The molecule has 0 aliphatic heterocycles. The number of nitrogen functional groups attached to an aromatic ring is 1. The first kappa shape index (κ1) is 12.3. The summed E-state index contributed by atoms with van der Waals surface area (Å²) in [5, 5.41) is 2.57. The summed E-state index contributed by atoms with van der Waals surface area (Å²) >= 11 is 7.42. The van der Waals surface area contributed by atoms with Gasteiger partial charge in [0.05, 0.1) is 9.90 Å². The Morgan fingerprint density at radius 3 is 2.82 bits per heavy atom. The third-order valence-electron chi connectivity index (χ3n) is 2.22. The second-order valence-corrected chi connectivity index (χ2v) is 4.94. The highest BCUT2D eigenvalue weighted by molar-refractivity contribution is 7.14. The van der Waals surface area contributed by atoms with Crippen molar-refractivity contribution in [2.24, 2.45) is 5.84 Å². The summed E-state index contributed by atoms with van der Waals surface area (Å²) in [5.74, 6) is 6.70. The van der Waals surface area contributed by atoms with Crippen LogP contribution in [-0.2, 0) is 6.42 Å². The van der Waals surface area contributed by atoms with Crippen molar-refractivity contribution in [3.05, 3.63) is 28.2 Å². The van der Waals surface area contributed by atoms with E-state index in [0.717, 1.165) is 23.4 Å². The van der Waals surface area contributed by atoms with Gasteiger partial charge in [0.15, 0.2) is 5.82 Å². The van der Waals surface area contributed by atoms with Gasteiger partial charge in [0, 0.05) is 17.1 Å². The molecule has 0 aliphatic rings. The van der Waals surface area contributed by atoms with Crippen molar-refractivity contribution in [2.45, 2.75) is 19.8 Å². The molecule has 3 N–H and O–H groups in total. The van der Waals surface area contributed by atoms with Gasteiger partial charge < -0.3 is 5.43 Å². The van der Waals surface area contributed by atoms with Gasteiger partial charge in [-0.3, -0.25) is 0 Å². The summed E-state index contributed by atoms with van der Waals surface area (Å²) in [6.07, 6.45) is 1.94. The Morgan fingerprint density at radius 1 is 1.41 bits per heavy atom. The molecule has 0 atom stereocenters. The van der Waals surface area contributed by atoms with Gasteiger partial charge in [-0.2, -0.15) is 0 Å². The Morgan fingerprint density at radius 2 is 2.24 bits per heavy atom. The maximum Gasteiger partial charge on any atom is 0.171 e. The van der Waals surface area contributed by atoms with E-state index in [4.69, 9.17) is 17.4 Å². The maximum absolute atomic E-state index is 5.90. The molecule has 2 aromatic rings. The molecule has 0 amide bonds. The van der Waals surface area contributed by atoms with Gasteiger partial charge in [0.25, 0.3) is 0 Å². The molecule has 0 spiro atoms. The van der Waals surface area contributed by atoms with Crippen molar-refractivity contribution in [3.8, 4) is 10.7 Å². The van der Waals surface area contributed by atoms with Crippen LogP contribution in [0.4, 0.5) is 5.82 Å². The number of hydrazine groups is 1. The molecule has 0 saturated heterocycles. The molecule has 2 rings (SSSR count). The zero-order chi connectivity index (χ0) is 12.3. The average molecular weight is 269 g/mol. The minimum absolute atomic E-state index is 0.628. The standard InChI is InChI=1S/C11H13ClN4S/c1-2-3-8-5-10(16-13)15-11(14-8)9-4-7(12)6-17-9/h4-6H,2-3,13H2,1H3,(H,14,15,16). The minimum Gasteiger partial charge on any atom is -0.308 e. The van der Waals surface area contributed by atoms with Crippen LogP contribution in [0.2, 0.25) is 5.02 Å². The zero-order valence-corrected chi connectivity index (χ0v) is 11.0. The molecule has 0 aromatic carbocycles. The number of nitrogens with two attached hydrogens (primary N) is 1. The van der Waals surface area contributed by atoms with Crippen molar-refractivity contribution in [1.29, 1.82) is 0 Å². The van der Waals surface area contributed by atoms with Gasteiger partial charge in [-0.05, 0) is 12.5 Å². The van der Waals surface area contributed by atoms with Crippen LogP contribution in [0.15, 0.2) is 17.5 Å². The third kappa shape index (κ3) is 2.94. The molecule has 17 heavy (non-hydrogen) atoms. The van der Waals surface area contributed by atoms with Crippen molar-refractivity contribution < 1.29 is 0 Å². The first-order valence-corrected chi connectivity index (χ1v) is 6.57. The number of halogens is 1. The normalized spacial score (nSPS) is 10.5. The van der Waals surface area contributed by atoms with Crippen LogP contribution in [0.25, 0.3) is 10.7 Å². The number of rotatable bonds is 4. The van der Waals surface area contributed by atoms with Gasteiger partial charge in [-0.1, -0.05) is 24.9 Å². The van der Waals surface area contributed by atoms with E-state index in [9.17, 15) is 0 Å². The van der Waals surface area contributed by atoms with E-state index in [0.29, 0.717) is 16.7 Å². The lowest BCUT2D eigenvalue weighted by Crippen LogP contribution is -2.10. The van der Waals surface area contributed by atoms with Crippen molar-refractivity contribution in [1.82, 2.24) is 9.97 Å². The van der Waals surface area contributed by atoms with E-state index in [1.165, 1.54) is 11.3 Å². The molecule has 2 heterocycles. The predicted octanol–water partition coefficient (Wildman–Crippen LogP) is 3.10. The number of aromatic nitrogens is 2. The second kappa shape index (κ2) is 5.44. The fourth-order valence-electron chi connectivity index (χ4n) is 1.50. The van der Waals surface area contributed by atoms with Crippen LogP contribution in [0.1, 0.15) is 19.0 Å². The highest BCUT2D eigenvalue weighted by Crippen LogP contribution is 2.28. The Labute approximate surface area is 109 Å². The van der Waals surface area contributed by atoms with Gasteiger partial charge in [0.2, 0.25) is 0 Å². The monoisotopic (exact) mass is 268 g/mol. The lowest BCUT2D eigenvalue weighted by Gasteiger charge is -2.05. The molecule has 0 bridgehead atoms. The van der Waals surface area contributed by atoms with E-state index in [2.05, 4.69) is 22.3 Å². The molecular weight excluding hydrogens is 256 g/mol. The van der Waals surface area contributed by atoms with Crippen LogP contribution >= 0.6 is 22.9 Å². The van der Waals surface area contributed by atoms with Crippen LogP contribution in [0.3, 0.4) is 0 Å². The number of aryl methyl sites for hydroxylation is 1. The Balaban J connectivity index is 2.42. The van der Waals surface area contributed by atoms with Crippen molar-refractivity contribution in [3.63, 3.8) is 0 Å². The third-order valence-corrected chi connectivity index (χ3v) is 3.49. The average Bonchev–Trinajstić information content (AvgIpc) is 2.76. The summed E-state index contributed by atoms with van der Waals surface area (Å²) in [6.45, 7) is 2.11. The fourth-order valence-corrected chi connectivity index (χ4v) is 2.50. The van der Waals surface area contributed by atoms with Gasteiger partial charge in [0.1, 0.15) is 5.82 Å². The SMILES string of the molecule is CCCc1cc(NN)nc(-c2cc(Cl)cs2)n1. The number of hydrogen-bond acceptors (Lipinski definition) is 5. The maximum atomic E-state index is 5.90. The lowest BCUT2D eigenvalue weighted by atomic mass is 10.2. The van der Waals surface area contributed by atoms with Crippen LogP contribution in [0.5, 0.6) is 0 Å². The highest BCUT2D eigenvalue weighted by atomic mass is 35.5. The van der Waals surface area contributed by atoms with E-state index in [1.807, 2.05) is 17.5 Å². The van der Waals surface area contributed by atoms with Gasteiger partial charge in [-0.25, -0.2) is 15.8 Å². The zero-order valence-electron chi connectivity index (χ0n) is 9.40. The van der Waals surface area contributed by atoms with E-state index >= 15 is 0 Å². The largest absolute Gasteiger partial charge is 0.308 e. The summed E-state index contributed by atoms with van der Waals surface area (Å²) < 4.78 is 0. The topological polar surface area (TPSA) is 63.8 Å². The molecule has 90 valence electrons. The molecule has 6 heteroatoms. The molecule has 4 nitrogen and oxygen atoms in total. The highest BCUT2D eigenvalue weighted by Gasteiger charge is 2.08. The van der Waals surface area contributed by atoms with Crippen LogP contribution in [-0.4, -0.2) is 9.97 Å². The quantitative estimate of drug-likeness (QED) is 0.661. The molecular formula is C11H13ClN4S. The number of thiophene rings is 1. The number of nitrogens with zero attached hydrogens (tertiary/aromatic N) is 2. The summed E-state index contributed by atoms with van der Waals surface area (Å²) in [7, 11) is 0. The lowest BCUT2D eigenvalue weighted by molar-refractivity contribution is 0.876. The van der Waals surface area contributed by atoms with E-state index in [-0.39, 0.29) is 0 Å². The Kier molecular flexibility index (Phi) is 3.93. The first-order chi connectivity index (χ1) is 8.22. The molecule has 0 radical (unpaired) electrons. The summed E-state index contributed by atoms with van der Waals surface area (Å²) in [5.41, 5.74) is 3.54. The Hall–Kier alpha value is -1.17. The van der Waals surface area contributed by atoms with E-state index < -0.39 is 0 Å². The van der Waals surface area contributed by atoms with E-state index in [1.54, 1.807) is 0 Å². The van der Waals surface area contributed by atoms with Gasteiger partial charge in [-0.15, -0.1) is 11.3 Å². The van der Waals surface area contributed by atoms with Crippen LogP contribution in [0, 0.1) is 0 Å². The Bertz CT molecular complexity index is 512. The number of hydrogen-bond donors (Lipinski definition) is 2. The predicted molar refractivity (Wildman–Crippen MR) is 72.2 cm³/mol. The van der Waals surface area contributed by atoms with Gasteiger partial charge >= 0.3 is 0 Å². The summed E-state index contributed by atoms with van der Waals surface area (Å²) in [6, 6.07) is 3.72. The summed E-state index contributed by atoms with van der Waals surface area (Å²) in [4.78, 5) is 9.77. The molecule has 0 fully saturated rings.